The molecule has 1 aliphatic heterocycles. The average molecular weight is 483 g/mol. The highest BCUT2D eigenvalue weighted by Crippen LogP contribution is 2.33. The van der Waals surface area contributed by atoms with E-state index >= 15 is 0 Å². The van der Waals surface area contributed by atoms with Crippen LogP contribution >= 0.6 is 0 Å². The van der Waals surface area contributed by atoms with Crippen molar-refractivity contribution in [3.05, 3.63) is 59.7 Å². The van der Waals surface area contributed by atoms with Gasteiger partial charge in [-0.1, -0.05) is 23.8 Å². The molecule has 1 aliphatic rings. The number of nitrogens with zero attached hydrogens (tertiary/aromatic N) is 3. The number of nitrogens with one attached hydrogen (secondary N) is 1. The maximum absolute atomic E-state index is 13.3. The van der Waals surface area contributed by atoms with Gasteiger partial charge in [-0.25, -0.2) is 13.8 Å². The molecule has 0 saturated carbocycles. The Morgan fingerprint density at radius 1 is 1.12 bits per heavy atom. The summed E-state index contributed by atoms with van der Waals surface area (Å²) in [5.74, 6) is -0.755. The number of hydrogen-bond donors (Lipinski definition) is 1. The monoisotopic (exact) mass is 482 g/mol. The quantitative estimate of drug-likeness (QED) is 0.640. The van der Waals surface area contributed by atoms with Crippen molar-refractivity contribution in [1.82, 2.24) is 10.3 Å². The minimum absolute atomic E-state index is 0.139. The summed E-state index contributed by atoms with van der Waals surface area (Å²) < 4.78 is 67.0. The number of alkyl halides is 3. The van der Waals surface area contributed by atoms with Gasteiger partial charge in [0.05, 0.1) is 16.1 Å². The van der Waals surface area contributed by atoms with Crippen LogP contribution < -0.4 is 9.73 Å². The number of sulfonamides is 1. The van der Waals surface area contributed by atoms with Crippen molar-refractivity contribution in [2.24, 2.45) is 5.10 Å². The van der Waals surface area contributed by atoms with Crippen LogP contribution in [0.2, 0.25) is 0 Å². The first kappa shape index (κ1) is 24.7. The number of hydrazone groups is 1. The molecule has 1 fully saturated rings. The first-order valence-corrected chi connectivity index (χ1v) is 11.7. The fourth-order valence-corrected chi connectivity index (χ4v) is 4.70. The average Bonchev–Trinajstić information content (AvgIpc) is 2.77. The number of benzene rings is 2. The van der Waals surface area contributed by atoms with E-state index in [0.29, 0.717) is 23.2 Å². The summed E-state index contributed by atoms with van der Waals surface area (Å²) in [5, 5.41) is 4.08. The molecule has 1 saturated heterocycles. The largest absolute Gasteiger partial charge is 0.416 e. The summed E-state index contributed by atoms with van der Waals surface area (Å²) in [6, 6.07) is 9.72. The Morgan fingerprint density at radius 3 is 2.36 bits per heavy atom. The number of likely N-dealkylation sites (tertiary alicyclic amines) is 1. The second-order valence-electron chi connectivity index (χ2n) is 7.89. The fraction of sp³-hybridized carbons (Fsp3) is 0.364. The van der Waals surface area contributed by atoms with Crippen LogP contribution in [0.4, 0.5) is 18.9 Å². The third-order valence-corrected chi connectivity index (χ3v) is 7.05. The molecule has 0 bridgehead atoms. The van der Waals surface area contributed by atoms with Gasteiger partial charge in [0.15, 0.2) is 0 Å². The number of aryl methyl sites for hydroxylation is 1. The molecule has 0 radical (unpaired) electrons. The molecule has 2 aromatic rings. The zero-order chi connectivity index (χ0) is 24.2. The lowest BCUT2D eigenvalue weighted by Gasteiger charge is -2.25. The summed E-state index contributed by atoms with van der Waals surface area (Å²) >= 11 is 0. The van der Waals surface area contributed by atoms with Crippen molar-refractivity contribution in [3.8, 4) is 0 Å². The Hall–Kier alpha value is -2.92. The molecule has 3 rings (SSSR count). The topological polar surface area (TPSA) is 82.1 Å². The normalized spacial score (nSPS) is 15.2. The maximum Gasteiger partial charge on any atom is 0.416 e. The van der Waals surface area contributed by atoms with E-state index in [1.54, 1.807) is 19.1 Å². The third-order valence-electron chi connectivity index (χ3n) is 5.26. The summed E-state index contributed by atoms with van der Waals surface area (Å²) in [6.07, 6.45) is -3.34. The summed E-state index contributed by atoms with van der Waals surface area (Å²) in [4.78, 5) is 14.6. The van der Waals surface area contributed by atoms with Crippen LogP contribution in [-0.2, 0) is 21.0 Å². The molecule has 33 heavy (non-hydrogen) atoms. The van der Waals surface area contributed by atoms with Gasteiger partial charge in [0.2, 0.25) is 0 Å². The summed E-state index contributed by atoms with van der Waals surface area (Å²) in [6.45, 7) is 2.62. The van der Waals surface area contributed by atoms with Crippen molar-refractivity contribution in [3.63, 3.8) is 0 Å². The van der Waals surface area contributed by atoms with E-state index in [4.69, 9.17) is 0 Å². The van der Waals surface area contributed by atoms with Gasteiger partial charge in [-0.2, -0.15) is 18.3 Å². The van der Waals surface area contributed by atoms with E-state index in [2.05, 4.69) is 15.4 Å². The lowest BCUT2D eigenvalue weighted by Crippen LogP contribution is -2.40. The molecule has 7 nitrogen and oxygen atoms in total. The predicted octanol–water partition coefficient (Wildman–Crippen LogP) is 3.41. The third kappa shape index (κ3) is 6.32. The Bertz CT molecular complexity index is 1120. The van der Waals surface area contributed by atoms with Crippen LogP contribution in [0.15, 0.2) is 58.5 Å². The van der Waals surface area contributed by atoms with Gasteiger partial charge in [0.25, 0.3) is 15.9 Å². The maximum atomic E-state index is 13.3. The number of hydrogen-bond acceptors (Lipinski definition) is 5. The van der Waals surface area contributed by atoms with E-state index in [1.165, 1.54) is 18.2 Å². The number of rotatable bonds is 6. The number of piperidine rings is 1. The number of carbonyl (C=O) groups is 1. The lowest BCUT2D eigenvalue weighted by atomic mass is 10.1. The Labute approximate surface area is 190 Å². The second-order valence-corrected chi connectivity index (χ2v) is 9.75. The van der Waals surface area contributed by atoms with Gasteiger partial charge < -0.3 is 4.90 Å². The van der Waals surface area contributed by atoms with Gasteiger partial charge in [-0.3, -0.25) is 9.10 Å². The molecule has 0 aromatic heterocycles. The molecule has 11 heteroatoms. The van der Waals surface area contributed by atoms with E-state index < -0.39 is 34.2 Å². The van der Waals surface area contributed by atoms with E-state index in [0.717, 1.165) is 36.5 Å². The molecular weight excluding hydrogens is 457 g/mol. The molecular formula is C22H25F3N4O3S. The summed E-state index contributed by atoms with van der Waals surface area (Å²) in [7, 11) is -2.36. The van der Waals surface area contributed by atoms with E-state index in [1.807, 2.05) is 7.05 Å². The predicted molar refractivity (Wildman–Crippen MR) is 119 cm³/mol. The van der Waals surface area contributed by atoms with E-state index in [9.17, 15) is 26.4 Å². The number of amides is 1. The van der Waals surface area contributed by atoms with Crippen molar-refractivity contribution in [1.29, 1.82) is 0 Å². The van der Waals surface area contributed by atoms with Gasteiger partial charge in [0, 0.05) is 31.6 Å². The van der Waals surface area contributed by atoms with Crippen LogP contribution in [0.25, 0.3) is 0 Å². The van der Waals surface area contributed by atoms with Crippen molar-refractivity contribution >= 4 is 27.3 Å². The number of anilines is 1. The number of halogens is 3. The first-order chi connectivity index (χ1) is 15.5. The van der Waals surface area contributed by atoms with Crippen LogP contribution in [0.3, 0.4) is 0 Å². The number of carbonyl (C=O) groups excluding carboxylic acids is 1. The highest BCUT2D eigenvalue weighted by Gasteiger charge is 2.33. The molecule has 0 spiro atoms. The fourth-order valence-electron chi connectivity index (χ4n) is 3.29. The molecule has 1 heterocycles. The zero-order valence-electron chi connectivity index (χ0n) is 18.3. The Kier molecular flexibility index (Phi) is 7.43. The van der Waals surface area contributed by atoms with E-state index in [-0.39, 0.29) is 10.6 Å². The highest BCUT2D eigenvalue weighted by molar-refractivity contribution is 7.92. The molecule has 0 aliphatic carbocycles. The molecule has 0 unspecified atom stereocenters. The van der Waals surface area contributed by atoms with Crippen LogP contribution in [0, 0.1) is 6.92 Å². The lowest BCUT2D eigenvalue weighted by molar-refractivity contribution is -0.137. The summed E-state index contributed by atoms with van der Waals surface area (Å²) in [5.41, 5.74) is 2.64. The molecule has 1 N–H and O–H groups in total. The molecule has 0 atom stereocenters. The van der Waals surface area contributed by atoms with Crippen LogP contribution in [0.5, 0.6) is 0 Å². The van der Waals surface area contributed by atoms with Crippen molar-refractivity contribution in [2.75, 3.05) is 31.0 Å². The molecule has 2 aromatic carbocycles. The first-order valence-electron chi connectivity index (χ1n) is 10.3. The van der Waals surface area contributed by atoms with Crippen molar-refractivity contribution in [2.45, 2.75) is 30.8 Å². The molecule has 178 valence electrons. The zero-order valence-corrected chi connectivity index (χ0v) is 19.1. The SMILES string of the molecule is Cc1ccc(S(=O)(=O)N(CC(=O)NN=C2CCN(C)CC2)c2cccc(C(F)(F)F)c2)cc1. The van der Waals surface area contributed by atoms with Gasteiger partial charge in [-0.05, 0) is 44.3 Å². The highest BCUT2D eigenvalue weighted by atomic mass is 32.2. The standard InChI is InChI=1S/C22H25F3N4O3S/c1-16-6-8-20(9-7-16)33(31,32)29(19-5-3-4-17(14-19)22(23,24)25)15-21(30)27-26-18-10-12-28(2)13-11-18/h3-9,14H,10-13,15H2,1-2H3,(H,27,30). The minimum Gasteiger partial charge on any atom is -0.306 e. The van der Waals surface area contributed by atoms with Gasteiger partial charge in [0.1, 0.15) is 6.54 Å². The van der Waals surface area contributed by atoms with Gasteiger partial charge >= 0.3 is 6.18 Å². The van der Waals surface area contributed by atoms with Gasteiger partial charge in [-0.15, -0.1) is 0 Å². The smallest absolute Gasteiger partial charge is 0.306 e. The Morgan fingerprint density at radius 2 is 1.76 bits per heavy atom. The van der Waals surface area contributed by atoms with Crippen LogP contribution in [-0.4, -0.2) is 51.6 Å². The minimum atomic E-state index is -4.67. The van der Waals surface area contributed by atoms with Crippen LogP contribution in [0.1, 0.15) is 24.0 Å². The second kappa shape index (κ2) is 9.92. The molecule has 1 amide bonds. The van der Waals surface area contributed by atoms with Crippen molar-refractivity contribution < 1.29 is 26.4 Å². The Balaban J connectivity index is 1.91.